The van der Waals surface area contributed by atoms with Gasteiger partial charge in [-0.1, -0.05) is 30.3 Å². The van der Waals surface area contributed by atoms with E-state index < -0.39 is 0 Å². The number of rotatable bonds is 3. The molecule has 1 aliphatic rings. The molecule has 2 aromatic rings. The number of nitrogens with one attached hydrogen (secondary N) is 1. The summed E-state index contributed by atoms with van der Waals surface area (Å²) in [4.78, 5) is 4.45. The van der Waals surface area contributed by atoms with Crippen LogP contribution in [0.3, 0.4) is 0 Å². The van der Waals surface area contributed by atoms with E-state index in [1.165, 1.54) is 5.56 Å². The summed E-state index contributed by atoms with van der Waals surface area (Å²) < 4.78 is 0. The van der Waals surface area contributed by atoms with Crippen molar-refractivity contribution in [3.05, 3.63) is 47.5 Å². The average Bonchev–Trinajstić information content (AvgIpc) is 3.02. The van der Waals surface area contributed by atoms with E-state index in [1.807, 2.05) is 6.07 Å². The van der Waals surface area contributed by atoms with Crippen LogP contribution in [0.4, 0.5) is 0 Å². The molecule has 0 amide bonds. The van der Waals surface area contributed by atoms with Crippen LogP contribution in [0.1, 0.15) is 30.1 Å². The highest BCUT2D eigenvalue weighted by Gasteiger charge is 2.49. The van der Waals surface area contributed by atoms with Crippen LogP contribution in [0.15, 0.2) is 30.3 Å². The second kappa shape index (κ2) is 3.42. The molecule has 1 aromatic heterocycles. The Morgan fingerprint density at radius 2 is 2.00 bits per heavy atom. The van der Waals surface area contributed by atoms with Crippen molar-refractivity contribution >= 4 is 0 Å². The number of nitrogens with zero attached hydrogens (tertiary/aromatic N) is 2. The van der Waals surface area contributed by atoms with Gasteiger partial charge in [0, 0.05) is 0 Å². The molecule has 1 aromatic carbocycles. The molecule has 4 heteroatoms. The normalized spacial score (nSPS) is 17.3. The monoisotopic (exact) mass is 214 g/mol. The van der Waals surface area contributed by atoms with Gasteiger partial charge in [-0.15, -0.1) is 0 Å². The third-order valence-corrected chi connectivity index (χ3v) is 3.23. The van der Waals surface area contributed by atoms with Crippen molar-refractivity contribution in [1.29, 1.82) is 0 Å². The summed E-state index contributed by atoms with van der Waals surface area (Å²) in [7, 11) is 0. The van der Waals surface area contributed by atoms with Crippen molar-refractivity contribution in [3.63, 3.8) is 0 Å². The second-order valence-corrected chi connectivity index (χ2v) is 4.26. The van der Waals surface area contributed by atoms with Crippen LogP contribution in [0.25, 0.3) is 0 Å². The van der Waals surface area contributed by atoms with E-state index in [4.69, 9.17) is 5.73 Å². The summed E-state index contributed by atoms with van der Waals surface area (Å²) in [6.07, 6.45) is 2.25. The predicted molar refractivity (Wildman–Crippen MR) is 60.7 cm³/mol. The van der Waals surface area contributed by atoms with Gasteiger partial charge in [0.25, 0.3) is 0 Å². The molecule has 0 radical (unpaired) electrons. The molecule has 1 heterocycles. The predicted octanol–water partition coefficient (Wildman–Crippen LogP) is 1.34. The lowest BCUT2D eigenvalue weighted by Gasteiger charge is -2.10. The van der Waals surface area contributed by atoms with Crippen LogP contribution >= 0.6 is 0 Å². The van der Waals surface area contributed by atoms with Crippen LogP contribution < -0.4 is 5.73 Å². The van der Waals surface area contributed by atoms with Gasteiger partial charge in [0.1, 0.15) is 5.82 Å². The maximum absolute atomic E-state index is 5.53. The molecule has 0 aliphatic heterocycles. The van der Waals surface area contributed by atoms with E-state index in [0.717, 1.165) is 24.5 Å². The van der Waals surface area contributed by atoms with Crippen LogP contribution in [-0.4, -0.2) is 15.2 Å². The van der Waals surface area contributed by atoms with E-state index in [-0.39, 0.29) is 5.41 Å². The van der Waals surface area contributed by atoms with E-state index in [9.17, 15) is 0 Å². The Morgan fingerprint density at radius 3 is 2.56 bits per heavy atom. The Hall–Kier alpha value is -1.68. The summed E-state index contributed by atoms with van der Waals surface area (Å²) >= 11 is 0. The van der Waals surface area contributed by atoms with Crippen molar-refractivity contribution in [2.75, 3.05) is 0 Å². The van der Waals surface area contributed by atoms with Gasteiger partial charge >= 0.3 is 0 Å². The molecule has 16 heavy (non-hydrogen) atoms. The molecule has 1 saturated carbocycles. The minimum atomic E-state index is 0.0468. The third-order valence-electron chi connectivity index (χ3n) is 3.23. The summed E-state index contributed by atoms with van der Waals surface area (Å²) in [5.41, 5.74) is 6.88. The van der Waals surface area contributed by atoms with E-state index in [0.29, 0.717) is 6.54 Å². The number of hydrogen-bond acceptors (Lipinski definition) is 3. The van der Waals surface area contributed by atoms with Crippen LogP contribution in [0.5, 0.6) is 0 Å². The molecule has 0 atom stereocenters. The van der Waals surface area contributed by atoms with Crippen molar-refractivity contribution in [2.45, 2.75) is 24.8 Å². The van der Waals surface area contributed by atoms with Gasteiger partial charge in [-0.3, -0.25) is 5.10 Å². The first kappa shape index (κ1) is 9.54. The fraction of sp³-hybridized carbons (Fsp3) is 0.333. The number of aromatic amines is 1. The maximum Gasteiger partial charge on any atom is 0.161 e. The summed E-state index contributed by atoms with van der Waals surface area (Å²) in [6.45, 7) is 0.415. The van der Waals surface area contributed by atoms with Crippen molar-refractivity contribution in [2.24, 2.45) is 5.73 Å². The minimum absolute atomic E-state index is 0.0468. The van der Waals surface area contributed by atoms with Crippen molar-refractivity contribution in [1.82, 2.24) is 15.2 Å². The highest BCUT2D eigenvalue weighted by Crippen LogP contribution is 2.51. The number of aromatic nitrogens is 3. The fourth-order valence-corrected chi connectivity index (χ4v) is 2.12. The van der Waals surface area contributed by atoms with E-state index in [2.05, 4.69) is 39.4 Å². The van der Waals surface area contributed by atoms with Crippen LogP contribution in [0.2, 0.25) is 0 Å². The molecule has 0 bridgehead atoms. The molecule has 82 valence electrons. The van der Waals surface area contributed by atoms with Gasteiger partial charge in [-0.05, 0) is 18.4 Å². The van der Waals surface area contributed by atoms with Gasteiger partial charge in [0.2, 0.25) is 0 Å². The summed E-state index contributed by atoms with van der Waals surface area (Å²) in [5, 5.41) is 7.17. The fourth-order valence-electron chi connectivity index (χ4n) is 2.12. The zero-order valence-electron chi connectivity index (χ0n) is 8.98. The van der Waals surface area contributed by atoms with E-state index >= 15 is 0 Å². The molecule has 0 unspecified atom stereocenters. The Morgan fingerprint density at radius 1 is 1.25 bits per heavy atom. The number of benzene rings is 1. The van der Waals surface area contributed by atoms with Crippen LogP contribution in [0, 0.1) is 0 Å². The molecular weight excluding hydrogens is 200 g/mol. The smallest absolute Gasteiger partial charge is 0.161 e. The third kappa shape index (κ3) is 1.34. The van der Waals surface area contributed by atoms with Crippen LogP contribution in [-0.2, 0) is 12.0 Å². The molecule has 0 saturated heterocycles. The highest BCUT2D eigenvalue weighted by atomic mass is 15.2. The van der Waals surface area contributed by atoms with Gasteiger partial charge < -0.3 is 5.73 Å². The Balaban J connectivity index is 2.00. The first-order valence-electron chi connectivity index (χ1n) is 5.52. The first-order chi connectivity index (χ1) is 7.85. The van der Waals surface area contributed by atoms with Crippen molar-refractivity contribution < 1.29 is 0 Å². The Kier molecular flexibility index (Phi) is 2.04. The zero-order chi connectivity index (χ0) is 11.0. The molecule has 3 N–H and O–H groups in total. The summed E-state index contributed by atoms with van der Waals surface area (Å²) in [6, 6.07) is 10.4. The van der Waals surface area contributed by atoms with Gasteiger partial charge in [0.05, 0.1) is 12.0 Å². The first-order valence-corrected chi connectivity index (χ1v) is 5.52. The standard InChI is InChI=1S/C12H14N4/c13-8-10-14-11(16-15-10)12(6-7-12)9-4-2-1-3-5-9/h1-5H,6-8,13H2,(H,14,15,16). The zero-order valence-corrected chi connectivity index (χ0v) is 8.98. The lowest BCUT2D eigenvalue weighted by Crippen LogP contribution is -2.11. The van der Waals surface area contributed by atoms with Crippen molar-refractivity contribution in [3.8, 4) is 0 Å². The summed E-state index contributed by atoms with van der Waals surface area (Å²) in [5.74, 6) is 1.65. The second-order valence-electron chi connectivity index (χ2n) is 4.26. The molecule has 0 spiro atoms. The number of H-pyrrole nitrogens is 1. The molecular formula is C12H14N4. The van der Waals surface area contributed by atoms with E-state index in [1.54, 1.807) is 0 Å². The highest BCUT2D eigenvalue weighted by molar-refractivity contribution is 5.38. The maximum atomic E-state index is 5.53. The number of nitrogens with two attached hydrogens (primary N) is 1. The molecule has 4 nitrogen and oxygen atoms in total. The SMILES string of the molecule is NCc1nc(C2(c3ccccc3)CC2)n[nH]1. The lowest BCUT2D eigenvalue weighted by molar-refractivity contribution is 0.760. The Bertz CT molecular complexity index is 485. The quantitative estimate of drug-likeness (QED) is 0.810. The Labute approximate surface area is 93.9 Å². The largest absolute Gasteiger partial charge is 0.324 e. The molecule has 3 rings (SSSR count). The van der Waals surface area contributed by atoms with Gasteiger partial charge in [-0.2, -0.15) is 5.10 Å². The molecule has 1 fully saturated rings. The number of hydrogen-bond donors (Lipinski definition) is 2. The van der Waals surface area contributed by atoms with Gasteiger partial charge in [-0.25, -0.2) is 4.98 Å². The molecule has 1 aliphatic carbocycles. The average molecular weight is 214 g/mol. The lowest BCUT2D eigenvalue weighted by atomic mass is 9.95. The topological polar surface area (TPSA) is 67.6 Å². The van der Waals surface area contributed by atoms with Gasteiger partial charge in [0.15, 0.2) is 5.82 Å². The minimum Gasteiger partial charge on any atom is -0.324 e.